The Hall–Kier alpha value is -1.20. The molecule has 0 aliphatic heterocycles. The van der Waals surface area contributed by atoms with Crippen LogP contribution in [0.5, 0.6) is 0 Å². The van der Waals surface area contributed by atoms with Crippen LogP contribution in [-0.2, 0) is 0 Å². The van der Waals surface area contributed by atoms with Gasteiger partial charge in [0.2, 0.25) is 0 Å². The van der Waals surface area contributed by atoms with Gasteiger partial charge in [0, 0.05) is 16.7 Å². The first-order chi connectivity index (χ1) is 9.75. The van der Waals surface area contributed by atoms with Gasteiger partial charge in [-0.05, 0) is 25.3 Å². The summed E-state index contributed by atoms with van der Waals surface area (Å²) in [4.78, 5) is 4.58. The molecule has 1 heterocycles. The fourth-order valence-electron chi connectivity index (χ4n) is 1.68. The van der Waals surface area contributed by atoms with Crippen molar-refractivity contribution in [1.29, 1.82) is 0 Å². The molecule has 0 radical (unpaired) electrons. The molecule has 0 atom stereocenters. The fourth-order valence-corrected chi connectivity index (χ4v) is 3.59. The zero-order valence-electron chi connectivity index (χ0n) is 10.9. The molecule has 1 aromatic carbocycles. The summed E-state index contributed by atoms with van der Waals surface area (Å²) in [7, 11) is 0. The first-order valence-electron chi connectivity index (χ1n) is 6.40. The number of halogens is 2. The lowest BCUT2D eigenvalue weighted by molar-refractivity contribution is 0.417. The molecule has 0 aliphatic rings. The number of thiazole rings is 1. The Balaban J connectivity index is 1.75. The van der Waals surface area contributed by atoms with Gasteiger partial charge in [-0.1, -0.05) is 42.1 Å². The van der Waals surface area contributed by atoms with E-state index in [4.69, 9.17) is 0 Å². The van der Waals surface area contributed by atoms with Gasteiger partial charge in [-0.3, -0.25) is 0 Å². The summed E-state index contributed by atoms with van der Waals surface area (Å²) in [5, 5.41) is 2.05. The van der Waals surface area contributed by atoms with Gasteiger partial charge >= 0.3 is 0 Å². The lowest BCUT2D eigenvalue weighted by atomic mass is 10.2. The molecule has 0 saturated heterocycles. The fraction of sp³-hybridized carbons (Fsp3) is 0.267. The molecule has 20 heavy (non-hydrogen) atoms. The van der Waals surface area contributed by atoms with Crippen molar-refractivity contribution in [3.8, 4) is 11.3 Å². The van der Waals surface area contributed by atoms with Crippen molar-refractivity contribution in [3.05, 3.63) is 47.9 Å². The minimum Gasteiger partial charge on any atom is -0.230 e. The number of allylic oxidation sites excluding steroid dienone is 1. The Morgan fingerprint density at radius 3 is 2.75 bits per heavy atom. The van der Waals surface area contributed by atoms with Crippen molar-refractivity contribution >= 4 is 23.1 Å². The lowest BCUT2D eigenvalue weighted by Crippen LogP contribution is -1.81. The van der Waals surface area contributed by atoms with Crippen LogP contribution in [0.4, 0.5) is 8.78 Å². The molecule has 0 spiro atoms. The van der Waals surface area contributed by atoms with Crippen molar-refractivity contribution in [2.24, 2.45) is 0 Å². The summed E-state index contributed by atoms with van der Waals surface area (Å²) < 4.78 is 24.7. The van der Waals surface area contributed by atoms with Crippen molar-refractivity contribution in [2.75, 3.05) is 5.75 Å². The standard InChI is InChI=1S/C15H15F2NS2/c16-14(17)9-5-2-6-10-19-15-18-13(11-20-15)12-7-3-1-4-8-12/h1,3-4,7-9,11H,2,5-6,10H2. The summed E-state index contributed by atoms with van der Waals surface area (Å²) in [5.74, 6) is 0.920. The van der Waals surface area contributed by atoms with Crippen LogP contribution < -0.4 is 0 Å². The number of nitrogens with zero attached hydrogens (tertiary/aromatic N) is 1. The first kappa shape index (κ1) is 15.2. The van der Waals surface area contributed by atoms with E-state index in [1.807, 2.05) is 30.3 Å². The second kappa shape index (κ2) is 8.17. The highest BCUT2D eigenvalue weighted by Gasteiger charge is 2.04. The van der Waals surface area contributed by atoms with E-state index in [2.05, 4.69) is 10.4 Å². The lowest BCUT2D eigenvalue weighted by Gasteiger charge is -1.97. The molecule has 0 N–H and O–H groups in total. The zero-order valence-corrected chi connectivity index (χ0v) is 12.5. The zero-order chi connectivity index (χ0) is 14.2. The van der Waals surface area contributed by atoms with Gasteiger partial charge in [-0.25, -0.2) is 4.98 Å². The van der Waals surface area contributed by atoms with E-state index < -0.39 is 6.08 Å². The van der Waals surface area contributed by atoms with E-state index >= 15 is 0 Å². The van der Waals surface area contributed by atoms with Crippen molar-refractivity contribution in [2.45, 2.75) is 23.6 Å². The number of thioether (sulfide) groups is 1. The van der Waals surface area contributed by atoms with Crippen LogP contribution in [0.1, 0.15) is 19.3 Å². The van der Waals surface area contributed by atoms with Gasteiger partial charge in [-0.2, -0.15) is 8.78 Å². The molecule has 0 saturated carbocycles. The summed E-state index contributed by atoms with van der Waals surface area (Å²) in [5.41, 5.74) is 2.12. The van der Waals surface area contributed by atoms with Gasteiger partial charge in [0.05, 0.1) is 5.69 Å². The first-order valence-corrected chi connectivity index (χ1v) is 8.27. The van der Waals surface area contributed by atoms with Gasteiger partial charge < -0.3 is 0 Å². The van der Waals surface area contributed by atoms with Crippen LogP contribution in [0.15, 0.2) is 52.2 Å². The molecule has 0 fully saturated rings. The Morgan fingerprint density at radius 2 is 2.00 bits per heavy atom. The third kappa shape index (κ3) is 5.06. The normalized spacial score (nSPS) is 10.5. The van der Waals surface area contributed by atoms with Gasteiger partial charge in [-0.15, -0.1) is 11.3 Å². The molecule has 2 rings (SSSR count). The number of benzene rings is 1. The minimum absolute atomic E-state index is 0.454. The number of hydrogen-bond donors (Lipinski definition) is 0. The molecule has 5 heteroatoms. The minimum atomic E-state index is -1.58. The number of rotatable bonds is 7. The van der Waals surface area contributed by atoms with Crippen molar-refractivity contribution in [1.82, 2.24) is 4.98 Å². The van der Waals surface area contributed by atoms with Crippen LogP contribution in [0.3, 0.4) is 0 Å². The predicted molar refractivity (Wildman–Crippen MR) is 82.4 cm³/mol. The molecule has 0 bridgehead atoms. The van der Waals surface area contributed by atoms with Gasteiger partial charge in [0.1, 0.15) is 0 Å². The third-order valence-electron chi connectivity index (χ3n) is 2.68. The molecule has 106 valence electrons. The number of unbranched alkanes of at least 4 members (excludes halogenated alkanes) is 2. The molecule has 0 aliphatic carbocycles. The highest BCUT2D eigenvalue weighted by molar-refractivity contribution is 8.01. The Morgan fingerprint density at radius 1 is 1.20 bits per heavy atom. The van der Waals surface area contributed by atoms with Crippen molar-refractivity contribution in [3.63, 3.8) is 0 Å². The summed E-state index contributed by atoms with van der Waals surface area (Å²) in [6.07, 6.45) is 1.58. The molecular weight excluding hydrogens is 296 g/mol. The van der Waals surface area contributed by atoms with Crippen LogP contribution in [0.25, 0.3) is 11.3 Å². The average Bonchev–Trinajstić information content (AvgIpc) is 2.92. The van der Waals surface area contributed by atoms with E-state index in [1.165, 1.54) is 0 Å². The summed E-state index contributed by atoms with van der Waals surface area (Å²) in [6.45, 7) is 0. The SMILES string of the molecule is FC(F)=CCCCCSc1nc(-c2ccccc2)cs1. The van der Waals surface area contributed by atoms with E-state index in [0.717, 1.165) is 40.3 Å². The maximum Gasteiger partial charge on any atom is 0.266 e. The molecule has 1 aromatic heterocycles. The van der Waals surface area contributed by atoms with E-state index in [-0.39, 0.29) is 0 Å². The topological polar surface area (TPSA) is 12.9 Å². The second-order valence-corrected chi connectivity index (χ2v) is 6.40. The average molecular weight is 311 g/mol. The molecule has 0 amide bonds. The Bertz CT molecular complexity index is 548. The van der Waals surface area contributed by atoms with Crippen molar-refractivity contribution < 1.29 is 8.78 Å². The number of aromatic nitrogens is 1. The maximum atomic E-state index is 11.8. The van der Waals surface area contributed by atoms with Crippen LogP contribution in [0, 0.1) is 0 Å². The van der Waals surface area contributed by atoms with E-state index in [9.17, 15) is 8.78 Å². The van der Waals surface area contributed by atoms with Gasteiger partial charge in [0.25, 0.3) is 6.08 Å². The molecular formula is C15H15F2NS2. The molecule has 0 unspecified atom stereocenters. The largest absolute Gasteiger partial charge is 0.266 e. The maximum absolute atomic E-state index is 11.8. The molecule has 2 aromatic rings. The summed E-state index contributed by atoms with van der Waals surface area (Å²) in [6, 6.07) is 10.1. The number of hydrogen-bond acceptors (Lipinski definition) is 3. The van der Waals surface area contributed by atoms with Crippen LogP contribution in [0.2, 0.25) is 0 Å². The summed E-state index contributed by atoms with van der Waals surface area (Å²) >= 11 is 3.33. The second-order valence-electron chi connectivity index (χ2n) is 4.20. The quantitative estimate of drug-likeness (QED) is 0.469. The van der Waals surface area contributed by atoms with E-state index in [0.29, 0.717) is 6.42 Å². The highest BCUT2D eigenvalue weighted by atomic mass is 32.2. The molecule has 1 nitrogen and oxygen atoms in total. The smallest absolute Gasteiger partial charge is 0.230 e. The third-order valence-corrected chi connectivity index (χ3v) is 4.78. The van der Waals surface area contributed by atoms with Gasteiger partial charge in [0.15, 0.2) is 4.34 Å². The predicted octanol–water partition coefficient (Wildman–Crippen LogP) is 5.85. The van der Waals surface area contributed by atoms with Crippen LogP contribution in [-0.4, -0.2) is 10.7 Å². The van der Waals surface area contributed by atoms with Crippen LogP contribution >= 0.6 is 23.1 Å². The Labute approximate surface area is 125 Å². The van der Waals surface area contributed by atoms with E-state index in [1.54, 1.807) is 23.1 Å². The monoisotopic (exact) mass is 311 g/mol. The Kier molecular flexibility index (Phi) is 6.21. The highest BCUT2D eigenvalue weighted by Crippen LogP contribution is 2.28.